The molecular weight excluding hydrogens is 463 g/mol. The summed E-state index contributed by atoms with van der Waals surface area (Å²) in [5.41, 5.74) is 1.10. The smallest absolute Gasteiger partial charge is 0.213 e. The second-order valence-corrected chi connectivity index (χ2v) is 7.86. The second kappa shape index (κ2) is 11.9. The molecule has 24 heavy (non-hydrogen) atoms. The van der Waals surface area contributed by atoms with Crippen LogP contribution in [0.4, 0.5) is 0 Å². The number of hydrogen-bond donors (Lipinski definition) is 2. The van der Waals surface area contributed by atoms with Crippen LogP contribution in [0.5, 0.6) is 0 Å². The molecule has 9 heteroatoms. The van der Waals surface area contributed by atoms with Crippen molar-refractivity contribution in [2.75, 3.05) is 32.9 Å². The van der Waals surface area contributed by atoms with E-state index in [4.69, 9.17) is 11.6 Å². The topological polar surface area (TPSA) is 73.8 Å². The molecule has 1 aromatic carbocycles. The molecule has 138 valence electrons. The largest absolute Gasteiger partial charge is 0.356 e. The molecule has 0 aromatic heterocycles. The highest BCUT2D eigenvalue weighted by Crippen LogP contribution is 2.09. The average molecular weight is 489 g/mol. The van der Waals surface area contributed by atoms with Gasteiger partial charge in [-0.25, -0.2) is 12.7 Å². The molecular formula is C15H26ClIN4O2S. The first kappa shape index (κ1) is 23.4. The summed E-state index contributed by atoms with van der Waals surface area (Å²) in [5.74, 6) is 0.808. The number of guanidine groups is 1. The predicted octanol–water partition coefficient (Wildman–Crippen LogP) is 2.29. The van der Waals surface area contributed by atoms with E-state index in [9.17, 15) is 8.42 Å². The van der Waals surface area contributed by atoms with Crippen LogP contribution < -0.4 is 10.6 Å². The average Bonchev–Trinajstić information content (AvgIpc) is 2.55. The number of nitrogens with zero attached hydrogens (tertiary/aromatic N) is 2. The molecule has 0 aliphatic carbocycles. The van der Waals surface area contributed by atoms with Crippen molar-refractivity contribution in [1.82, 2.24) is 14.9 Å². The molecule has 0 saturated heterocycles. The molecule has 0 heterocycles. The highest BCUT2D eigenvalue weighted by Gasteiger charge is 2.13. The molecule has 0 aliphatic rings. The molecule has 0 amide bonds. The van der Waals surface area contributed by atoms with Crippen molar-refractivity contribution in [2.24, 2.45) is 4.99 Å². The van der Waals surface area contributed by atoms with Gasteiger partial charge in [0.25, 0.3) is 0 Å². The maximum Gasteiger partial charge on any atom is 0.213 e. The van der Waals surface area contributed by atoms with Crippen molar-refractivity contribution < 1.29 is 8.42 Å². The lowest BCUT2D eigenvalue weighted by Gasteiger charge is -2.17. The summed E-state index contributed by atoms with van der Waals surface area (Å²) in [4.78, 5) is 4.14. The predicted molar refractivity (Wildman–Crippen MR) is 112 cm³/mol. The highest BCUT2D eigenvalue weighted by molar-refractivity contribution is 14.0. The van der Waals surface area contributed by atoms with Gasteiger partial charge in [0.05, 0.1) is 5.75 Å². The van der Waals surface area contributed by atoms with E-state index in [-0.39, 0.29) is 29.7 Å². The zero-order valence-electron chi connectivity index (χ0n) is 14.3. The maximum absolute atomic E-state index is 11.6. The maximum atomic E-state index is 11.6. The van der Waals surface area contributed by atoms with Gasteiger partial charge in [0, 0.05) is 38.8 Å². The first-order valence-electron chi connectivity index (χ1n) is 7.52. The fraction of sp³-hybridized carbons (Fsp3) is 0.533. The molecule has 0 aliphatic heterocycles. The molecule has 6 nitrogen and oxygen atoms in total. The van der Waals surface area contributed by atoms with Crippen LogP contribution in [0.3, 0.4) is 0 Å². The Labute approximate surface area is 167 Å². The fourth-order valence-corrected chi connectivity index (χ4v) is 2.85. The second-order valence-electron chi connectivity index (χ2n) is 5.05. The summed E-state index contributed by atoms with van der Waals surface area (Å²) in [6.45, 7) is 3.41. The minimum absolute atomic E-state index is 0. The lowest BCUT2D eigenvalue weighted by Crippen LogP contribution is -2.38. The number of halogens is 2. The van der Waals surface area contributed by atoms with Crippen LogP contribution in [0.1, 0.15) is 18.9 Å². The zero-order valence-corrected chi connectivity index (χ0v) is 18.2. The molecule has 0 unspecified atom stereocenters. The summed E-state index contributed by atoms with van der Waals surface area (Å²) in [6, 6.07) is 7.60. The lowest BCUT2D eigenvalue weighted by atomic mass is 10.2. The minimum atomic E-state index is -3.11. The van der Waals surface area contributed by atoms with Gasteiger partial charge < -0.3 is 10.6 Å². The molecule has 0 radical (unpaired) electrons. The first-order valence-corrected chi connectivity index (χ1v) is 9.50. The van der Waals surface area contributed by atoms with E-state index in [1.54, 1.807) is 21.0 Å². The van der Waals surface area contributed by atoms with Gasteiger partial charge >= 0.3 is 0 Å². The quantitative estimate of drug-likeness (QED) is 0.255. The molecule has 0 fully saturated rings. The van der Waals surface area contributed by atoms with Crippen LogP contribution in [0.25, 0.3) is 0 Å². The molecule has 1 rings (SSSR count). The summed E-state index contributed by atoms with van der Waals surface area (Å²) < 4.78 is 24.6. The Morgan fingerprint density at radius 3 is 2.42 bits per heavy atom. The van der Waals surface area contributed by atoms with Gasteiger partial charge in [0.15, 0.2) is 5.96 Å². The van der Waals surface area contributed by atoms with Gasteiger partial charge in [-0.3, -0.25) is 4.99 Å². The molecule has 0 saturated carbocycles. The van der Waals surface area contributed by atoms with Crippen molar-refractivity contribution in [3.8, 4) is 0 Å². The highest BCUT2D eigenvalue weighted by atomic mass is 127. The number of sulfonamides is 1. The Balaban J connectivity index is 0.00000529. The molecule has 2 N–H and O–H groups in total. The van der Waals surface area contributed by atoms with E-state index in [1.807, 2.05) is 24.3 Å². The Morgan fingerprint density at radius 2 is 1.88 bits per heavy atom. The van der Waals surface area contributed by atoms with E-state index in [2.05, 4.69) is 15.6 Å². The Hall–Kier alpha value is -0.580. The van der Waals surface area contributed by atoms with E-state index in [0.717, 1.165) is 5.56 Å². The number of nitrogens with one attached hydrogen (secondary N) is 2. The Bertz CT molecular complexity index is 608. The van der Waals surface area contributed by atoms with Crippen LogP contribution in [0.15, 0.2) is 29.3 Å². The van der Waals surface area contributed by atoms with E-state index in [0.29, 0.717) is 37.0 Å². The van der Waals surface area contributed by atoms with Crippen molar-refractivity contribution in [3.05, 3.63) is 34.9 Å². The number of rotatable bonds is 8. The van der Waals surface area contributed by atoms with E-state index >= 15 is 0 Å². The van der Waals surface area contributed by atoms with Gasteiger partial charge in [0.1, 0.15) is 0 Å². The normalized spacial score (nSPS) is 12.0. The third kappa shape index (κ3) is 8.50. The minimum Gasteiger partial charge on any atom is -0.356 e. The third-order valence-corrected chi connectivity index (χ3v) is 5.49. The van der Waals surface area contributed by atoms with Crippen molar-refractivity contribution in [1.29, 1.82) is 0 Å². The SMILES string of the molecule is CCS(=O)(=O)N(C)CCCNC(=NC)NCc1ccc(Cl)cc1.I. The number of aliphatic imine (C=N–C) groups is 1. The third-order valence-electron chi connectivity index (χ3n) is 3.38. The fourth-order valence-electron chi connectivity index (χ4n) is 1.88. The molecule has 1 aromatic rings. The lowest BCUT2D eigenvalue weighted by molar-refractivity contribution is 0.461. The van der Waals surface area contributed by atoms with Gasteiger partial charge in [-0.1, -0.05) is 23.7 Å². The Kier molecular flexibility index (Phi) is 11.6. The van der Waals surface area contributed by atoms with Crippen molar-refractivity contribution >= 4 is 51.6 Å². The standard InChI is InChI=1S/C15H25ClN4O2S.HI/c1-4-23(21,22)20(3)11-5-10-18-15(17-2)19-12-13-6-8-14(16)9-7-13;/h6-9H,4-5,10-12H2,1-3H3,(H2,17,18,19);1H. The van der Waals surface area contributed by atoms with Crippen LogP contribution in [-0.2, 0) is 16.6 Å². The van der Waals surface area contributed by atoms with Gasteiger partial charge in [-0.2, -0.15) is 0 Å². The van der Waals surface area contributed by atoms with Crippen LogP contribution in [0.2, 0.25) is 5.02 Å². The summed E-state index contributed by atoms with van der Waals surface area (Å²) in [6.07, 6.45) is 0.706. The van der Waals surface area contributed by atoms with Crippen LogP contribution >= 0.6 is 35.6 Å². The van der Waals surface area contributed by atoms with Crippen LogP contribution in [-0.4, -0.2) is 51.6 Å². The molecule has 0 atom stereocenters. The van der Waals surface area contributed by atoms with E-state index in [1.165, 1.54) is 4.31 Å². The summed E-state index contributed by atoms with van der Waals surface area (Å²) in [7, 11) is 0.198. The van der Waals surface area contributed by atoms with Gasteiger partial charge in [-0.15, -0.1) is 24.0 Å². The van der Waals surface area contributed by atoms with E-state index < -0.39 is 10.0 Å². The van der Waals surface area contributed by atoms with Crippen LogP contribution in [0, 0.1) is 0 Å². The van der Waals surface area contributed by atoms with Gasteiger partial charge in [-0.05, 0) is 31.0 Å². The molecule has 0 spiro atoms. The summed E-state index contributed by atoms with van der Waals surface area (Å²) in [5, 5.41) is 7.08. The van der Waals surface area contributed by atoms with Crippen molar-refractivity contribution in [3.63, 3.8) is 0 Å². The number of benzene rings is 1. The van der Waals surface area contributed by atoms with Crippen molar-refractivity contribution in [2.45, 2.75) is 19.9 Å². The first-order chi connectivity index (χ1) is 10.9. The number of hydrogen-bond acceptors (Lipinski definition) is 3. The van der Waals surface area contributed by atoms with Gasteiger partial charge in [0.2, 0.25) is 10.0 Å². The Morgan fingerprint density at radius 1 is 1.25 bits per heavy atom. The summed E-state index contributed by atoms with van der Waals surface area (Å²) >= 11 is 5.85. The zero-order chi connectivity index (χ0) is 17.3. The monoisotopic (exact) mass is 488 g/mol. The molecule has 0 bridgehead atoms.